The fraction of sp³-hybridized carbons (Fsp3) is 0.304. The summed E-state index contributed by atoms with van der Waals surface area (Å²) in [5.74, 6) is -0.259. The highest BCUT2D eigenvalue weighted by Crippen LogP contribution is 2.35. The first kappa shape index (κ1) is 20.3. The van der Waals surface area contributed by atoms with Gasteiger partial charge in [-0.25, -0.2) is 4.39 Å². The number of phenols is 1. The molecule has 0 bridgehead atoms. The zero-order valence-electron chi connectivity index (χ0n) is 15.4. The average molecular weight is 373 g/mol. The summed E-state index contributed by atoms with van der Waals surface area (Å²) in [4.78, 5) is 0. The molecule has 0 aliphatic heterocycles. The van der Waals surface area contributed by atoms with E-state index in [1.807, 2.05) is 30.3 Å². The van der Waals surface area contributed by atoms with Gasteiger partial charge in [-0.2, -0.15) is 0 Å². The van der Waals surface area contributed by atoms with Gasteiger partial charge in [-0.1, -0.05) is 68.3 Å². The molecule has 2 aromatic carbocycles. The van der Waals surface area contributed by atoms with E-state index in [2.05, 4.69) is 26.5 Å². The van der Waals surface area contributed by atoms with E-state index >= 15 is 0 Å². The summed E-state index contributed by atoms with van der Waals surface area (Å²) in [5.41, 5.74) is 3.64. The molecule has 0 aromatic heterocycles. The van der Waals surface area contributed by atoms with Crippen molar-refractivity contribution in [3.05, 3.63) is 71.5 Å². The monoisotopic (exact) mass is 372 g/mol. The van der Waals surface area contributed by atoms with Gasteiger partial charge in [0.25, 0.3) is 0 Å². The second kappa shape index (κ2) is 9.59. The van der Waals surface area contributed by atoms with Gasteiger partial charge in [0.05, 0.1) is 0 Å². The van der Waals surface area contributed by atoms with E-state index in [0.29, 0.717) is 11.5 Å². The van der Waals surface area contributed by atoms with Gasteiger partial charge >= 0.3 is 0 Å². The number of aromatic hydroxyl groups is 1. The zero-order chi connectivity index (χ0) is 19.1. The van der Waals surface area contributed by atoms with Gasteiger partial charge in [0.1, 0.15) is 10.8 Å². The van der Waals surface area contributed by atoms with Gasteiger partial charge in [-0.3, -0.25) is 0 Å². The lowest BCUT2D eigenvalue weighted by molar-refractivity contribution is 0.470. The Bertz CT molecular complexity index is 778. The average Bonchev–Trinajstić information content (AvgIpc) is 2.67. The minimum Gasteiger partial charge on any atom is -0.506 e. The molecule has 0 heterocycles. The summed E-state index contributed by atoms with van der Waals surface area (Å²) in [5, 5.41) is 9.20. The van der Waals surface area contributed by atoms with Crippen LogP contribution in [-0.4, -0.2) is 5.11 Å². The van der Waals surface area contributed by atoms with E-state index in [0.717, 1.165) is 24.8 Å². The number of benzene rings is 2. The Hall–Kier alpha value is -2.06. The number of hydrogen-bond donors (Lipinski definition) is 1. The van der Waals surface area contributed by atoms with Crippen molar-refractivity contribution in [3.8, 4) is 16.9 Å². The molecular formula is C23H26ClFO. The molecule has 2 aromatic rings. The lowest BCUT2D eigenvalue weighted by atomic mass is 9.86. The van der Waals surface area contributed by atoms with Crippen LogP contribution in [0.15, 0.2) is 55.1 Å². The predicted molar refractivity (Wildman–Crippen MR) is 110 cm³/mol. The highest BCUT2D eigenvalue weighted by atomic mass is 35.5. The van der Waals surface area contributed by atoms with Gasteiger partial charge in [-0.05, 0) is 54.0 Å². The van der Waals surface area contributed by atoms with E-state index in [1.54, 1.807) is 6.07 Å². The van der Waals surface area contributed by atoms with Crippen LogP contribution in [0.4, 0.5) is 4.39 Å². The highest BCUT2D eigenvalue weighted by Gasteiger charge is 2.15. The molecule has 0 saturated carbocycles. The van der Waals surface area contributed by atoms with Crippen molar-refractivity contribution < 1.29 is 9.50 Å². The lowest BCUT2D eigenvalue weighted by Gasteiger charge is -2.19. The Labute approximate surface area is 160 Å². The third-order valence-corrected chi connectivity index (χ3v) is 4.77. The molecule has 1 aliphatic carbocycles. The molecular weight excluding hydrogens is 347 g/mol. The van der Waals surface area contributed by atoms with E-state index < -0.39 is 5.82 Å². The van der Waals surface area contributed by atoms with Gasteiger partial charge in [0.15, 0.2) is 5.82 Å². The predicted octanol–water partition coefficient (Wildman–Crippen LogP) is 7.64. The van der Waals surface area contributed by atoms with E-state index in [9.17, 15) is 9.50 Å². The fourth-order valence-electron chi connectivity index (χ4n) is 2.96. The van der Waals surface area contributed by atoms with Crippen molar-refractivity contribution in [3.63, 3.8) is 0 Å². The Morgan fingerprint density at radius 1 is 1.15 bits per heavy atom. The van der Waals surface area contributed by atoms with Gasteiger partial charge in [0, 0.05) is 5.56 Å². The normalized spacial score (nSPS) is 16.3. The molecule has 0 amide bonds. The van der Waals surface area contributed by atoms with Gasteiger partial charge in [-0.15, -0.1) is 6.58 Å². The van der Waals surface area contributed by atoms with E-state index in [4.69, 9.17) is 11.6 Å². The first-order valence-electron chi connectivity index (χ1n) is 9.11. The second-order valence-corrected chi connectivity index (χ2v) is 6.92. The number of hydrogen-bond acceptors (Lipinski definition) is 1. The summed E-state index contributed by atoms with van der Waals surface area (Å²) in [6.07, 6.45) is 8.73. The van der Waals surface area contributed by atoms with E-state index in [1.165, 1.54) is 23.6 Å². The molecule has 3 rings (SSSR count). The topological polar surface area (TPSA) is 20.2 Å². The van der Waals surface area contributed by atoms with Crippen LogP contribution in [0.3, 0.4) is 0 Å². The first-order chi connectivity index (χ1) is 12.5. The first-order valence-corrected chi connectivity index (χ1v) is 9.48. The number of halogens is 2. The molecule has 0 saturated heterocycles. The Morgan fingerprint density at radius 2 is 1.77 bits per heavy atom. The van der Waals surface area contributed by atoms with Crippen molar-refractivity contribution in [2.24, 2.45) is 5.92 Å². The number of phenolic OH excluding ortho intramolecular Hbond substituents is 1. The molecule has 26 heavy (non-hydrogen) atoms. The minimum atomic E-state index is -0.592. The third kappa shape index (κ3) is 4.76. The Morgan fingerprint density at radius 3 is 2.31 bits per heavy atom. The summed E-state index contributed by atoms with van der Waals surface area (Å²) in [6, 6.07) is 10.8. The molecule has 1 unspecified atom stereocenters. The molecule has 1 aliphatic rings. The molecule has 3 heteroatoms. The quantitative estimate of drug-likeness (QED) is 0.549. The maximum Gasteiger partial charge on any atom is 0.153 e. The Balaban J connectivity index is 0.000000758. The highest BCUT2D eigenvalue weighted by molar-refractivity contribution is 6.32. The van der Waals surface area contributed by atoms with Crippen LogP contribution in [0.1, 0.15) is 45.1 Å². The van der Waals surface area contributed by atoms with Crippen LogP contribution in [0.5, 0.6) is 5.75 Å². The lowest BCUT2D eigenvalue weighted by Crippen LogP contribution is -2.02. The summed E-state index contributed by atoms with van der Waals surface area (Å²) in [6.45, 7) is 8.11. The molecule has 1 atom stereocenters. The number of allylic oxidation sites excluding steroid dienone is 3. The minimum absolute atomic E-state index is 0.239. The van der Waals surface area contributed by atoms with Gasteiger partial charge < -0.3 is 5.11 Å². The summed E-state index contributed by atoms with van der Waals surface area (Å²) in [7, 11) is 0. The SMILES string of the molecule is C=CC1CC=C(c2ccc(-c3ccc(O)c(Cl)c3F)cc2)CC1.CCC. The summed E-state index contributed by atoms with van der Waals surface area (Å²) < 4.78 is 14.2. The molecule has 1 N–H and O–H groups in total. The fourth-order valence-corrected chi connectivity index (χ4v) is 3.12. The largest absolute Gasteiger partial charge is 0.506 e. The maximum absolute atomic E-state index is 14.2. The summed E-state index contributed by atoms with van der Waals surface area (Å²) >= 11 is 5.77. The van der Waals surface area contributed by atoms with Crippen molar-refractivity contribution in [2.75, 3.05) is 0 Å². The van der Waals surface area contributed by atoms with Crippen LogP contribution in [0.25, 0.3) is 16.7 Å². The van der Waals surface area contributed by atoms with Crippen molar-refractivity contribution in [1.29, 1.82) is 0 Å². The van der Waals surface area contributed by atoms with Crippen molar-refractivity contribution >= 4 is 17.2 Å². The molecule has 0 fully saturated rings. The van der Waals surface area contributed by atoms with Crippen LogP contribution in [-0.2, 0) is 0 Å². The van der Waals surface area contributed by atoms with Crippen molar-refractivity contribution in [2.45, 2.75) is 39.5 Å². The van der Waals surface area contributed by atoms with Crippen LogP contribution in [0, 0.1) is 11.7 Å². The third-order valence-electron chi connectivity index (χ3n) is 4.41. The van der Waals surface area contributed by atoms with E-state index in [-0.39, 0.29) is 10.8 Å². The second-order valence-electron chi connectivity index (χ2n) is 6.54. The van der Waals surface area contributed by atoms with Crippen LogP contribution >= 0.6 is 11.6 Å². The zero-order valence-corrected chi connectivity index (χ0v) is 16.2. The molecule has 0 radical (unpaired) electrons. The van der Waals surface area contributed by atoms with Gasteiger partial charge in [0.2, 0.25) is 0 Å². The van der Waals surface area contributed by atoms with Crippen LogP contribution < -0.4 is 0 Å². The molecule has 138 valence electrons. The van der Waals surface area contributed by atoms with Crippen LogP contribution in [0.2, 0.25) is 5.02 Å². The smallest absolute Gasteiger partial charge is 0.153 e. The number of rotatable bonds is 3. The molecule has 0 spiro atoms. The maximum atomic E-state index is 14.2. The standard InChI is InChI=1S/C20H18ClFO.C3H8/c1-2-13-3-5-14(6-4-13)15-7-9-16(10-8-15)17-11-12-18(23)19(21)20(17)22;1-3-2/h2,5,7-13,23H,1,3-4,6H2;3H2,1-2H3. The van der Waals surface area contributed by atoms with Crippen molar-refractivity contribution in [1.82, 2.24) is 0 Å². The molecule has 1 nitrogen and oxygen atoms in total. The Kier molecular flexibility index (Phi) is 7.47.